The van der Waals surface area contributed by atoms with E-state index < -0.39 is 12.0 Å². The first-order valence-corrected chi connectivity index (χ1v) is 8.24. The molecule has 0 radical (unpaired) electrons. The molecule has 0 saturated carbocycles. The van der Waals surface area contributed by atoms with Gasteiger partial charge in [-0.2, -0.15) is 0 Å². The highest BCUT2D eigenvalue weighted by Crippen LogP contribution is 2.23. The Morgan fingerprint density at radius 1 is 1.35 bits per heavy atom. The van der Waals surface area contributed by atoms with Crippen molar-refractivity contribution in [2.75, 3.05) is 11.6 Å². The fourth-order valence-electron chi connectivity index (χ4n) is 2.13. The van der Waals surface area contributed by atoms with Crippen molar-refractivity contribution in [1.29, 1.82) is 0 Å². The topological polar surface area (TPSA) is 99.6 Å². The molecule has 1 aliphatic heterocycles. The molecular formula is C15H19N3O4S. The Morgan fingerprint density at radius 2 is 2.04 bits per heavy atom. The normalized spacial score (nSPS) is 17.9. The van der Waals surface area contributed by atoms with Crippen LogP contribution in [0.5, 0.6) is 0 Å². The molecule has 1 atom stereocenters. The van der Waals surface area contributed by atoms with Gasteiger partial charge in [0, 0.05) is 17.5 Å². The summed E-state index contributed by atoms with van der Waals surface area (Å²) in [6.45, 7) is 5.65. The number of amides is 2. The lowest BCUT2D eigenvalue weighted by atomic mass is 10.1. The van der Waals surface area contributed by atoms with Gasteiger partial charge in [-0.05, 0) is 32.9 Å². The summed E-state index contributed by atoms with van der Waals surface area (Å²) in [7, 11) is 0. The van der Waals surface area contributed by atoms with Gasteiger partial charge in [0.2, 0.25) is 5.91 Å². The number of pyridine rings is 1. The minimum absolute atomic E-state index is 0.126. The fraction of sp³-hybridized carbons (Fsp3) is 0.467. The Hall–Kier alpha value is -2.09. The zero-order chi connectivity index (χ0) is 17.2. The van der Waals surface area contributed by atoms with Crippen molar-refractivity contribution in [3.05, 3.63) is 29.6 Å². The predicted molar refractivity (Wildman–Crippen MR) is 86.4 cm³/mol. The summed E-state index contributed by atoms with van der Waals surface area (Å²) in [6.07, 6.45) is 1.23. The second-order valence-electron chi connectivity index (χ2n) is 6.27. The molecule has 2 rings (SSSR count). The van der Waals surface area contributed by atoms with Crippen molar-refractivity contribution in [2.24, 2.45) is 0 Å². The summed E-state index contributed by atoms with van der Waals surface area (Å²) >= 11 is 1.51. The van der Waals surface area contributed by atoms with Crippen LogP contribution in [0.4, 0.5) is 0 Å². The maximum Gasteiger partial charge on any atom is 0.354 e. The number of aromatic carboxylic acids is 1. The summed E-state index contributed by atoms with van der Waals surface area (Å²) in [6, 6.07) is 2.16. The van der Waals surface area contributed by atoms with E-state index in [1.807, 2.05) is 20.8 Å². The molecule has 8 heteroatoms. The molecule has 2 amide bonds. The Bertz CT molecular complexity index is 625. The molecule has 0 aliphatic carbocycles. The zero-order valence-electron chi connectivity index (χ0n) is 13.2. The zero-order valence-corrected chi connectivity index (χ0v) is 14.0. The van der Waals surface area contributed by atoms with Crippen LogP contribution in [0.15, 0.2) is 18.3 Å². The molecule has 1 aromatic rings. The number of rotatable bonds is 3. The standard InChI is InChI=1S/C15H19N3O4S/c1-15(2,3)17-12(19)11-7-23-8-18(11)13(20)9-4-5-10(14(21)22)16-6-9/h4-6,11H,7-8H2,1-3H3,(H,17,19)(H,21,22). The van der Waals surface area contributed by atoms with Gasteiger partial charge in [-0.15, -0.1) is 11.8 Å². The summed E-state index contributed by atoms with van der Waals surface area (Å²) in [4.78, 5) is 40.9. The number of carboxylic acid groups (broad SMARTS) is 1. The van der Waals surface area contributed by atoms with E-state index in [9.17, 15) is 14.4 Å². The third-order valence-electron chi connectivity index (χ3n) is 3.17. The van der Waals surface area contributed by atoms with E-state index in [-0.39, 0.29) is 28.6 Å². The predicted octanol–water partition coefficient (Wildman–Crippen LogP) is 1.21. The molecule has 0 bridgehead atoms. The molecule has 1 aromatic heterocycles. The Kier molecular flexibility index (Phi) is 4.93. The lowest BCUT2D eigenvalue weighted by Crippen LogP contribution is -2.52. The van der Waals surface area contributed by atoms with Crippen LogP contribution >= 0.6 is 11.8 Å². The highest BCUT2D eigenvalue weighted by atomic mass is 32.2. The van der Waals surface area contributed by atoms with Crippen LogP contribution in [-0.2, 0) is 4.79 Å². The van der Waals surface area contributed by atoms with E-state index in [4.69, 9.17) is 5.11 Å². The molecule has 1 fully saturated rings. The number of nitrogens with one attached hydrogen (secondary N) is 1. The average Bonchev–Trinajstić information content (AvgIpc) is 2.94. The minimum atomic E-state index is -1.15. The van der Waals surface area contributed by atoms with Crippen LogP contribution in [0, 0.1) is 0 Å². The molecule has 7 nitrogen and oxygen atoms in total. The lowest BCUT2D eigenvalue weighted by molar-refractivity contribution is -0.125. The van der Waals surface area contributed by atoms with Crippen molar-refractivity contribution in [2.45, 2.75) is 32.4 Å². The number of nitrogens with zero attached hydrogens (tertiary/aromatic N) is 2. The summed E-state index contributed by atoms with van der Waals surface area (Å²) in [5.41, 5.74) is -0.227. The van der Waals surface area contributed by atoms with Gasteiger partial charge in [0.1, 0.15) is 11.7 Å². The van der Waals surface area contributed by atoms with E-state index >= 15 is 0 Å². The Morgan fingerprint density at radius 3 is 2.57 bits per heavy atom. The number of aromatic nitrogens is 1. The average molecular weight is 337 g/mol. The molecule has 2 N–H and O–H groups in total. The fourth-order valence-corrected chi connectivity index (χ4v) is 3.28. The van der Waals surface area contributed by atoms with Crippen LogP contribution < -0.4 is 5.32 Å². The van der Waals surface area contributed by atoms with Gasteiger partial charge >= 0.3 is 5.97 Å². The molecule has 23 heavy (non-hydrogen) atoms. The smallest absolute Gasteiger partial charge is 0.354 e. The van der Waals surface area contributed by atoms with Crippen molar-refractivity contribution in [1.82, 2.24) is 15.2 Å². The van der Waals surface area contributed by atoms with Gasteiger partial charge in [-0.3, -0.25) is 9.59 Å². The van der Waals surface area contributed by atoms with E-state index in [0.717, 1.165) is 0 Å². The van der Waals surface area contributed by atoms with Crippen LogP contribution in [0.3, 0.4) is 0 Å². The molecule has 1 unspecified atom stereocenters. The second kappa shape index (κ2) is 6.57. The van der Waals surface area contributed by atoms with E-state index in [1.54, 1.807) is 0 Å². The van der Waals surface area contributed by atoms with E-state index in [0.29, 0.717) is 11.6 Å². The van der Waals surface area contributed by atoms with Crippen LogP contribution in [0.1, 0.15) is 41.6 Å². The summed E-state index contributed by atoms with van der Waals surface area (Å²) in [5, 5.41) is 11.7. The number of carbonyl (C=O) groups is 3. The molecule has 1 saturated heterocycles. The molecule has 0 spiro atoms. The minimum Gasteiger partial charge on any atom is -0.477 e. The molecule has 124 valence electrons. The van der Waals surface area contributed by atoms with Crippen LogP contribution in [-0.4, -0.2) is 56.0 Å². The SMILES string of the molecule is CC(C)(C)NC(=O)C1CSCN1C(=O)c1ccc(C(=O)O)nc1. The van der Waals surface area contributed by atoms with Gasteiger partial charge in [0.15, 0.2) is 0 Å². The molecule has 0 aromatic carbocycles. The third-order valence-corrected chi connectivity index (χ3v) is 4.19. The molecule has 2 heterocycles. The maximum atomic E-state index is 12.6. The Labute approximate surface area is 138 Å². The number of hydrogen-bond acceptors (Lipinski definition) is 5. The largest absolute Gasteiger partial charge is 0.477 e. The van der Waals surface area contributed by atoms with Crippen LogP contribution in [0.25, 0.3) is 0 Å². The molecular weight excluding hydrogens is 318 g/mol. The monoisotopic (exact) mass is 337 g/mol. The highest BCUT2D eigenvalue weighted by molar-refractivity contribution is 7.99. The van der Waals surface area contributed by atoms with Crippen LogP contribution in [0.2, 0.25) is 0 Å². The number of thioether (sulfide) groups is 1. The van der Waals surface area contributed by atoms with E-state index in [1.165, 1.54) is 35.0 Å². The van der Waals surface area contributed by atoms with Gasteiger partial charge in [-0.1, -0.05) is 0 Å². The number of carbonyl (C=O) groups excluding carboxylic acids is 2. The van der Waals surface area contributed by atoms with Crippen molar-refractivity contribution in [3.63, 3.8) is 0 Å². The maximum absolute atomic E-state index is 12.6. The van der Waals surface area contributed by atoms with Gasteiger partial charge < -0.3 is 15.3 Å². The lowest BCUT2D eigenvalue weighted by Gasteiger charge is -2.27. The number of hydrogen-bond donors (Lipinski definition) is 2. The quantitative estimate of drug-likeness (QED) is 0.860. The van der Waals surface area contributed by atoms with Gasteiger partial charge in [0.25, 0.3) is 5.91 Å². The van der Waals surface area contributed by atoms with Crippen molar-refractivity contribution in [3.8, 4) is 0 Å². The Balaban J connectivity index is 2.14. The van der Waals surface area contributed by atoms with Gasteiger partial charge in [0.05, 0.1) is 11.4 Å². The highest BCUT2D eigenvalue weighted by Gasteiger charge is 2.36. The third kappa shape index (κ3) is 4.22. The second-order valence-corrected chi connectivity index (χ2v) is 7.27. The summed E-state index contributed by atoms with van der Waals surface area (Å²) < 4.78 is 0. The summed E-state index contributed by atoms with van der Waals surface area (Å²) in [5.74, 6) is -0.710. The first kappa shape index (κ1) is 17.3. The van der Waals surface area contributed by atoms with Crippen molar-refractivity contribution < 1.29 is 19.5 Å². The van der Waals surface area contributed by atoms with E-state index in [2.05, 4.69) is 10.3 Å². The first-order valence-electron chi connectivity index (χ1n) is 7.09. The van der Waals surface area contributed by atoms with Crippen molar-refractivity contribution >= 4 is 29.5 Å². The number of carboxylic acids is 1. The van der Waals surface area contributed by atoms with Gasteiger partial charge in [-0.25, -0.2) is 9.78 Å². The first-order chi connectivity index (χ1) is 10.7. The molecule has 1 aliphatic rings.